The first-order valence-corrected chi connectivity index (χ1v) is 1.41. The van der Waals surface area contributed by atoms with Gasteiger partial charge >= 0.3 is 0 Å². The second-order valence-corrected chi connectivity index (χ2v) is 0.854. The van der Waals surface area contributed by atoms with Gasteiger partial charge in [0.25, 0.3) is 0 Å². The van der Waals surface area contributed by atoms with Gasteiger partial charge in [0.05, 0.1) is 0 Å². The summed E-state index contributed by atoms with van der Waals surface area (Å²) in [5, 5.41) is 0. The molecule has 0 aromatic carbocycles. The Kier molecular flexibility index (Phi) is 0.422. The smallest absolute Gasteiger partial charge is 0.0161 e. The molecule has 0 N–H and O–H groups in total. The van der Waals surface area contributed by atoms with E-state index in [1.807, 2.05) is 0 Å². The molecular weight excluding hydrogens is 48.0 g/mol. The van der Waals surface area contributed by atoms with Crippen LogP contribution in [0.25, 0.3) is 0 Å². The lowest BCUT2D eigenvalue weighted by atomic mass is 10.0. The van der Waals surface area contributed by atoms with Gasteiger partial charge in [-0.2, -0.15) is 0 Å². The van der Waals surface area contributed by atoms with Crippen LogP contribution >= 0.6 is 0 Å². The summed E-state index contributed by atoms with van der Waals surface area (Å²) in [7, 11) is 0. The molecule has 1 aliphatic rings. The van der Waals surface area contributed by atoms with E-state index in [2.05, 4.69) is 12.8 Å². The Balaban J connectivity index is 2.00. The molecule has 0 aliphatic heterocycles. The van der Waals surface area contributed by atoms with E-state index in [0.717, 1.165) is 12.8 Å². The highest BCUT2D eigenvalue weighted by atomic mass is 14.0. The zero-order valence-corrected chi connectivity index (χ0v) is 2.41. The third-order valence-electron chi connectivity index (χ3n) is 0.500. The van der Waals surface area contributed by atoms with Crippen molar-refractivity contribution in [1.82, 2.24) is 0 Å². The van der Waals surface area contributed by atoms with E-state index in [1.165, 1.54) is 0 Å². The predicted octanol–water partition coefficient (Wildman–Crippen LogP) is 0.943. The molecule has 0 amide bonds. The fourth-order valence-electron chi connectivity index (χ4n) is 0.125. The summed E-state index contributed by atoms with van der Waals surface area (Å²) in [4.78, 5) is 0. The van der Waals surface area contributed by atoms with Crippen LogP contribution in [-0.2, 0) is 0 Å². The molecule has 1 rings (SSSR count). The zero-order chi connectivity index (χ0) is 2.83. The summed E-state index contributed by atoms with van der Waals surface area (Å²) in [5.41, 5.74) is 0. The van der Waals surface area contributed by atoms with Gasteiger partial charge in [-0.15, -0.1) is 0 Å². The minimum absolute atomic E-state index is 1.00. The molecule has 0 nitrogen and oxygen atoms in total. The predicted molar refractivity (Wildman–Crippen MR) is 15.7 cm³/mol. The van der Waals surface area contributed by atoms with Crippen molar-refractivity contribution in [2.75, 3.05) is 0 Å². The lowest BCUT2D eigenvalue weighted by molar-refractivity contribution is 0.840. The van der Waals surface area contributed by atoms with Gasteiger partial charge in [-0.05, 0) is 25.7 Å². The van der Waals surface area contributed by atoms with E-state index in [1.54, 1.807) is 0 Å². The van der Waals surface area contributed by atoms with Gasteiger partial charge in [0.1, 0.15) is 0 Å². The highest BCUT2D eigenvalue weighted by Gasteiger charge is 1.97. The van der Waals surface area contributed by atoms with E-state index in [4.69, 9.17) is 0 Å². The summed E-state index contributed by atoms with van der Waals surface area (Å²) in [5.74, 6) is 0. The monoisotopic (exact) mass is 52.0 g/mol. The lowest BCUT2D eigenvalue weighted by Crippen LogP contribution is -1.89. The van der Waals surface area contributed by atoms with Gasteiger partial charge in [0, 0.05) is 0 Å². The Morgan fingerprint density at radius 1 is 1.00 bits per heavy atom. The summed E-state index contributed by atoms with van der Waals surface area (Å²) < 4.78 is 0. The molecule has 0 bridgehead atoms. The van der Waals surface area contributed by atoms with Crippen molar-refractivity contribution < 1.29 is 0 Å². The quantitative estimate of drug-likeness (QED) is 0.385. The maximum absolute atomic E-state index is 3.00. The molecule has 20 valence electrons. The van der Waals surface area contributed by atoms with Crippen molar-refractivity contribution >= 4 is 0 Å². The van der Waals surface area contributed by atoms with Crippen LogP contribution in [0.5, 0.6) is 0 Å². The third-order valence-corrected chi connectivity index (χ3v) is 0.500. The number of rotatable bonds is 0. The summed E-state index contributed by atoms with van der Waals surface area (Å²) in [6.45, 7) is 0. The highest BCUT2D eigenvalue weighted by Crippen LogP contribution is 2.11. The van der Waals surface area contributed by atoms with E-state index in [-0.39, 0.29) is 0 Å². The fraction of sp³-hybridized carbons (Fsp3) is 0.500. The molecule has 0 heteroatoms. The molecule has 0 aromatic rings. The van der Waals surface area contributed by atoms with E-state index in [9.17, 15) is 0 Å². The zero-order valence-electron chi connectivity index (χ0n) is 2.41. The van der Waals surface area contributed by atoms with Gasteiger partial charge in [-0.3, -0.25) is 0 Å². The molecule has 0 spiro atoms. The molecule has 4 heavy (non-hydrogen) atoms. The van der Waals surface area contributed by atoms with E-state index in [0.29, 0.717) is 0 Å². The first kappa shape index (κ1) is 2.25. The van der Waals surface area contributed by atoms with Gasteiger partial charge < -0.3 is 0 Å². The minimum Gasteiger partial charge on any atom is -0.0396 e. The van der Waals surface area contributed by atoms with Crippen LogP contribution in [0.15, 0.2) is 0 Å². The Labute approximate surface area is 26.8 Å². The van der Waals surface area contributed by atoms with Crippen LogP contribution in [0, 0.1) is 12.8 Å². The first-order chi connectivity index (χ1) is 2.00. The van der Waals surface area contributed by atoms with Crippen LogP contribution < -0.4 is 0 Å². The maximum Gasteiger partial charge on any atom is -0.0161 e. The first-order valence-electron chi connectivity index (χ1n) is 1.41. The highest BCUT2D eigenvalue weighted by molar-refractivity contribution is 4.91. The topological polar surface area (TPSA) is 0 Å². The van der Waals surface area contributed by atoms with Crippen molar-refractivity contribution in [2.45, 2.75) is 12.8 Å². The standard InChI is InChI=1S/C4H4/c1-2-4-3-1/h1,4H2. The van der Waals surface area contributed by atoms with Gasteiger partial charge in [0.2, 0.25) is 0 Å². The average Bonchev–Trinajstić information content (AvgIpc) is 0.722. The maximum atomic E-state index is 3.00. The molecule has 0 unspecified atom stereocenters. The van der Waals surface area contributed by atoms with Crippen LogP contribution in [0.2, 0.25) is 0 Å². The minimum atomic E-state index is 1.00. The van der Waals surface area contributed by atoms with Gasteiger partial charge in [0.15, 0.2) is 0 Å². The summed E-state index contributed by atoms with van der Waals surface area (Å²) >= 11 is 0. The molecule has 0 atom stereocenters. The van der Waals surface area contributed by atoms with Crippen LogP contribution in [-0.4, -0.2) is 0 Å². The number of hydrogen-bond donors (Lipinski definition) is 0. The van der Waals surface area contributed by atoms with Crippen molar-refractivity contribution in [3.05, 3.63) is 12.8 Å². The second kappa shape index (κ2) is 0.750. The molecule has 4 radical (unpaired) electrons. The Morgan fingerprint density at radius 2 is 1.25 bits per heavy atom. The summed E-state index contributed by atoms with van der Waals surface area (Å²) in [6, 6.07) is 0. The normalized spacial score (nSPS) is 24.0. The molecule has 0 saturated heterocycles. The second-order valence-electron chi connectivity index (χ2n) is 0.854. The largest absolute Gasteiger partial charge is 0.0396 e. The van der Waals surface area contributed by atoms with Gasteiger partial charge in [-0.25, -0.2) is 0 Å². The van der Waals surface area contributed by atoms with Crippen molar-refractivity contribution in [3.8, 4) is 0 Å². The van der Waals surface area contributed by atoms with Crippen LogP contribution in [0.1, 0.15) is 12.8 Å². The van der Waals surface area contributed by atoms with E-state index >= 15 is 0 Å². The molecule has 1 aliphatic carbocycles. The van der Waals surface area contributed by atoms with Crippen molar-refractivity contribution in [1.29, 1.82) is 0 Å². The Morgan fingerprint density at radius 3 is 1.25 bits per heavy atom. The van der Waals surface area contributed by atoms with Gasteiger partial charge in [-0.1, -0.05) is 0 Å². The molecule has 0 aromatic heterocycles. The van der Waals surface area contributed by atoms with Crippen molar-refractivity contribution in [3.63, 3.8) is 0 Å². The third kappa shape index (κ3) is 0.125. The summed E-state index contributed by atoms with van der Waals surface area (Å²) in [6.07, 6.45) is 8.00. The number of hydrogen-bond acceptors (Lipinski definition) is 0. The van der Waals surface area contributed by atoms with Crippen LogP contribution in [0.3, 0.4) is 0 Å². The average molecular weight is 52.1 g/mol. The van der Waals surface area contributed by atoms with E-state index < -0.39 is 0 Å². The Hall–Kier alpha value is 0. The SMILES string of the molecule is [C]1C[C]C1. The van der Waals surface area contributed by atoms with Crippen molar-refractivity contribution in [2.24, 2.45) is 0 Å². The molecule has 0 heterocycles. The van der Waals surface area contributed by atoms with Crippen LogP contribution in [0.4, 0.5) is 0 Å². The fourth-order valence-corrected chi connectivity index (χ4v) is 0.125. The Bertz CT molecular complexity index is 8.00. The molecule has 1 fully saturated rings. The molecule has 1 saturated carbocycles. The lowest BCUT2D eigenvalue weighted by Gasteiger charge is -2.03. The molecular formula is C4H4.